The van der Waals surface area contributed by atoms with Crippen LogP contribution in [0.5, 0.6) is 0 Å². The summed E-state index contributed by atoms with van der Waals surface area (Å²) in [7, 11) is 0. The van der Waals surface area contributed by atoms with E-state index in [1.807, 2.05) is 6.92 Å². The third-order valence-corrected chi connectivity index (χ3v) is 2.36. The summed E-state index contributed by atoms with van der Waals surface area (Å²) in [6.07, 6.45) is 1.48. The predicted octanol–water partition coefficient (Wildman–Crippen LogP) is 1.18. The zero-order chi connectivity index (χ0) is 12.1. The lowest BCUT2D eigenvalue weighted by Crippen LogP contribution is -2.43. The predicted molar refractivity (Wildman–Crippen MR) is 60.4 cm³/mol. The number of rotatable bonds is 6. The minimum atomic E-state index is -0.453. The number of hydrogen-bond donors (Lipinski definition) is 1. The number of carbonyl (C=O) groups is 2. The van der Waals surface area contributed by atoms with Crippen molar-refractivity contribution in [3.8, 4) is 0 Å². The van der Waals surface area contributed by atoms with Gasteiger partial charge in [0, 0.05) is 12.6 Å². The standard InChI is InChI=1S/C11H16N2O3/c1-3-6-13(8(2)11(12)15)10-5-4-9(7-14)16-10/h4-5,7-8H,3,6H2,1-2H3,(H2,12,15). The molecular weight excluding hydrogens is 208 g/mol. The molecule has 1 heterocycles. The summed E-state index contributed by atoms with van der Waals surface area (Å²) in [5, 5.41) is 0. The maximum Gasteiger partial charge on any atom is 0.239 e. The molecule has 0 aliphatic heterocycles. The molecule has 0 radical (unpaired) electrons. The third-order valence-electron chi connectivity index (χ3n) is 2.36. The van der Waals surface area contributed by atoms with Crippen LogP contribution in [-0.4, -0.2) is 24.8 Å². The fourth-order valence-electron chi connectivity index (χ4n) is 1.45. The second kappa shape index (κ2) is 5.34. The van der Waals surface area contributed by atoms with E-state index in [4.69, 9.17) is 10.2 Å². The van der Waals surface area contributed by atoms with E-state index in [2.05, 4.69) is 0 Å². The number of carbonyl (C=O) groups excluding carboxylic acids is 2. The topological polar surface area (TPSA) is 76.5 Å². The van der Waals surface area contributed by atoms with Crippen LogP contribution in [0.3, 0.4) is 0 Å². The van der Waals surface area contributed by atoms with E-state index >= 15 is 0 Å². The van der Waals surface area contributed by atoms with Crippen molar-refractivity contribution >= 4 is 18.1 Å². The van der Waals surface area contributed by atoms with Gasteiger partial charge in [0.15, 0.2) is 17.9 Å². The lowest BCUT2D eigenvalue weighted by atomic mass is 10.2. The van der Waals surface area contributed by atoms with E-state index in [-0.39, 0.29) is 5.76 Å². The third kappa shape index (κ3) is 2.62. The zero-order valence-electron chi connectivity index (χ0n) is 9.47. The fourth-order valence-corrected chi connectivity index (χ4v) is 1.45. The van der Waals surface area contributed by atoms with Crippen molar-refractivity contribution < 1.29 is 14.0 Å². The SMILES string of the molecule is CCCN(c1ccc(C=O)o1)C(C)C(N)=O. The number of anilines is 1. The molecule has 1 aromatic rings. The van der Waals surface area contributed by atoms with Crippen LogP contribution in [0, 0.1) is 0 Å². The lowest BCUT2D eigenvalue weighted by Gasteiger charge is -2.25. The first-order chi connectivity index (χ1) is 7.60. The molecule has 1 aromatic heterocycles. The molecule has 5 nitrogen and oxygen atoms in total. The highest BCUT2D eigenvalue weighted by molar-refractivity contribution is 5.83. The Bertz CT molecular complexity index is 373. The highest BCUT2D eigenvalue weighted by Gasteiger charge is 2.21. The summed E-state index contributed by atoms with van der Waals surface area (Å²) in [4.78, 5) is 23.4. The molecule has 2 N–H and O–H groups in total. The van der Waals surface area contributed by atoms with Crippen LogP contribution in [0.4, 0.5) is 5.88 Å². The monoisotopic (exact) mass is 224 g/mol. The Morgan fingerprint density at radius 2 is 2.31 bits per heavy atom. The molecule has 0 bridgehead atoms. The molecule has 0 fully saturated rings. The largest absolute Gasteiger partial charge is 0.438 e. The molecule has 0 saturated heterocycles. The number of hydrogen-bond acceptors (Lipinski definition) is 4. The smallest absolute Gasteiger partial charge is 0.239 e. The van der Waals surface area contributed by atoms with Crippen LogP contribution in [0.1, 0.15) is 30.8 Å². The Labute approximate surface area is 94.2 Å². The Morgan fingerprint density at radius 1 is 1.62 bits per heavy atom. The van der Waals surface area contributed by atoms with Gasteiger partial charge in [-0.3, -0.25) is 9.59 Å². The van der Waals surface area contributed by atoms with Gasteiger partial charge >= 0.3 is 0 Å². The molecule has 1 amide bonds. The first-order valence-corrected chi connectivity index (χ1v) is 5.21. The number of nitrogens with zero attached hydrogens (tertiary/aromatic N) is 1. The van der Waals surface area contributed by atoms with Gasteiger partial charge < -0.3 is 15.1 Å². The van der Waals surface area contributed by atoms with E-state index in [0.717, 1.165) is 6.42 Å². The summed E-state index contributed by atoms with van der Waals surface area (Å²) >= 11 is 0. The molecule has 1 atom stereocenters. The van der Waals surface area contributed by atoms with Gasteiger partial charge in [0.1, 0.15) is 6.04 Å². The molecule has 1 unspecified atom stereocenters. The quantitative estimate of drug-likeness (QED) is 0.736. The molecule has 88 valence electrons. The molecule has 16 heavy (non-hydrogen) atoms. The summed E-state index contributed by atoms with van der Waals surface area (Å²) in [5.74, 6) is 0.320. The van der Waals surface area contributed by atoms with E-state index in [9.17, 15) is 9.59 Å². The average molecular weight is 224 g/mol. The minimum absolute atomic E-state index is 0.243. The fraction of sp³-hybridized carbons (Fsp3) is 0.455. The summed E-state index contributed by atoms with van der Waals surface area (Å²) in [6.45, 7) is 4.35. The number of nitrogens with two attached hydrogens (primary N) is 1. The van der Waals surface area contributed by atoms with Crippen molar-refractivity contribution in [2.75, 3.05) is 11.4 Å². The number of aldehydes is 1. The van der Waals surface area contributed by atoms with Crippen LogP contribution in [0.2, 0.25) is 0 Å². The normalized spacial score (nSPS) is 12.1. The van der Waals surface area contributed by atoms with Gasteiger partial charge in [-0.25, -0.2) is 0 Å². The highest BCUT2D eigenvalue weighted by Crippen LogP contribution is 2.20. The lowest BCUT2D eigenvalue weighted by molar-refractivity contribution is -0.119. The molecule has 0 aliphatic carbocycles. The van der Waals surface area contributed by atoms with Gasteiger partial charge in [-0.2, -0.15) is 0 Å². The number of furan rings is 1. The zero-order valence-corrected chi connectivity index (χ0v) is 9.47. The van der Waals surface area contributed by atoms with Crippen molar-refractivity contribution in [2.45, 2.75) is 26.3 Å². The van der Waals surface area contributed by atoms with Crippen LogP contribution in [0.15, 0.2) is 16.5 Å². The number of amides is 1. The van der Waals surface area contributed by atoms with Crippen LogP contribution >= 0.6 is 0 Å². The molecule has 0 spiro atoms. The van der Waals surface area contributed by atoms with Crippen molar-refractivity contribution in [1.82, 2.24) is 0 Å². The summed E-state index contributed by atoms with van der Waals surface area (Å²) in [5.41, 5.74) is 5.25. The summed E-state index contributed by atoms with van der Waals surface area (Å²) in [6, 6.07) is 2.78. The second-order valence-electron chi connectivity index (χ2n) is 3.57. The van der Waals surface area contributed by atoms with Gasteiger partial charge in [0.25, 0.3) is 0 Å². The summed E-state index contributed by atoms with van der Waals surface area (Å²) < 4.78 is 5.27. The maximum absolute atomic E-state index is 11.1. The Hall–Kier alpha value is -1.78. The van der Waals surface area contributed by atoms with Crippen molar-refractivity contribution in [1.29, 1.82) is 0 Å². The minimum Gasteiger partial charge on any atom is -0.438 e. The molecule has 0 saturated carbocycles. The average Bonchev–Trinajstić information content (AvgIpc) is 2.73. The first kappa shape index (κ1) is 12.3. The second-order valence-corrected chi connectivity index (χ2v) is 3.57. The Morgan fingerprint density at radius 3 is 2.75 bits per heavy atom. The molecule has 0 aromatic carbocycles. The molecule has 5 heteroatoms. The van der Waals surface area contributed by atoms with Gasteiger partial charge in [-0.15, -0.1) is 0 Å². The van der Waals surface area contributed by atoms with Crippen molar-refractivity contribution in [2.24, 2.45) is 5.73 Å². The molecular formula is C11H16N2O3. The maximum atomic E-state index is 11.1. The van der Waals surface area contributed by atoms with Gasteiger partial charge in [0.05, 0.1) is 0 Å². The van der Waals surface area contributed by atoms with Crippen LogP contribution in [0.25, 0.3) is 0 Å². The highest BCUT2D eigenvalue weighted by atomic mass is 16.4. The van der Waals surface area contributed by atoms with Crippen LogP contribution in [-0.2, 0) is 4.79 Å². The van der Waals surface area contributed by atoms with Crippen molar-refractivity contribution in [3.63, 3.8) is 0 Å². The number of primary amides is 1. The van der Waals surface area contributed by atoms with E-state index in [1.165, 1.54) is 0 Å². The van der Waals surface area contributed by atoms with Crippen molar-refractivity contribution in [3.05, 3.63) is 17.9 Å². The molecule has 1 rings (SSSR count). The Kier molecular flexibility index (Phi) is 4.10. The Balaban J connectivity index is 2.92. The van der Waals surface area contributed by atoms with E-state index in [1.54, 1.807) is 24.0 Å². The van der Waals surface area contributed by atoms with Gasteiger partial charge in [-0.1, -0.05) is 6.92 Å². The first-order valence-electron chi connectivity index (χ1n) is 5.21. The molecule has 0 aliphatic rings. The van der Waals surface area contributed by atoms with E-state index in [0.29, 0.717) is 18.7 Å². The van der Waals surface area contributed by atoms with E-state index < -0.39 is 11.9 Å². The van der Waals surface area contributed by atoms with Gasteiger partial charge in [0.2, 0.25) is 5.91 Å². The van der Waals surface area contributed by atoms with Gasteiger partial charge in [-0.05, 0) is 19.4 Å². The van der Waals surface area contributed by atoms with Crippen LogP contribution < -0.4 is 10.6 Å².